The maximum atomic E-state index is 12.7. The van der Waals surface area contributed by atoms with Gasteiger partial charge in [0.2, 0.25) is 10.0 Å². The Balaban J connectivity index is 3.44. The highest BCUT2D eigenvalue weighted by Gasteiger charge is 2.28. The highest BCUT2D eigenvalue weighted by molar-refractivity contribution is 7.89. The zero-order valence-electron chi connectivity index (χ0n) is 13.1. The first-order chi connectivity index (χ1) is 9.75. The van der Waals surface area contributed by atoms with E-state index < -0.39 is 10.0 Å². The molecule has 0 aliphatic heterocycles. The number of rotatable bonds is 7. The summed E-state index contributed by atoms with van der Waals surface area (Å²) in [5, 5.41) is 3.52. The molecule has 0 aliphatic rings. The van der Waals surface area contributed by atoms with Gasteiger partial charge in [-0.3, -0.25) is 0 Å². The van der Waals surface area contributed by atoms with Crippen LogP contribution >= 0.6 is 11.6 Å². The fourth-order valence-electron chi connectivity index (χ4n) is 1.87. The molecule has 0 unspecified atom stereocenters. The van der Waals surface area contributed by atoms with Crippen LogP contribution < -0.4 is 10.1 Å². The van der Waals surface area contributed by atoms with E-state index in [-0.39, 0.29) is 10.9 Å². The number of nitrogens with one attached hydrogen (secondary N) is 1. The van der Waals surface area contributed by atoms with Crippen LogP contribution in [0.25, 0.3) is 0 Å². The van der Waals surface area contributed by atoms with Gasteiger partial charge < -0.3 is 10.1 Å². The quantitative estimate of drug-likeness (QED) is 0.832. The standard InChI is InChI=1S/C14H23ClN2O3S/c1-6-16-9-11-7-12(15)8-13(14(11)20-5)21(18,19)17(4)10(2)3/h7-8,10,16H,6,9H2,1-5H3. The summed E-state index contributed by atoms with van der Waals surface area (Å²) in [5.41, 5.74) is 0.725. The van der Waals surface area contributed by atoms with Crippen LogP contribution in [-0.4, -0.2) is 39.5 Å². The molecule has 0 saturated carbocycles. The monoisotopic (exact) mass is 334 g/mol. The van der Waals surface area contributed by atoms with Crippen LogP contribution in [0, 0.1) is 0 Å². The van der Waals surface area contributed by atoms with Crippen molar-refractivity contribution in [2.45, 2.75) is 38.3 Å². The predicted molar refractivity (Wildman–Crippen MR) is 85.5 cm³/mol. The lowest BCUT2D eigenvalue weighted by Crippen LogP contribution is -2.33. The van der Waals surface area contributed by atoms with E-state index in [0.717, 1.165) is 12.1 Å². The lowest BCUT2D eigenvalue weighted by molar-refractivity contribution is 0.383. The maximum absolute atomic E-state index is 12.7. The molecule has 0 spiro atoms. The van der Waals surface area contributed by atoms with Crippen LogP contribution in [-0.2, 0) is 16.6 Å². The fourth-order valence-corrected chi connectivity index (χ4v) is 3.77. The second kappa shape index (κ2) is 7.45. The molecule has 1 aromatic carbocycles. The summed E-state index contributed by atoms with van der Waals surface area (Å²) in [6.07, 6.45) is 0. The van der Waals surface area contributed by atoms with Gasteiger partial charge in [0, 0.05) is 30.2 Å². The molecular formula is C14H23ClN2O3S. The van der Waals surface area contributed by atoms with E-state index in [9.17, 15) is 8.42 Å². The molecule has 0 aromatic heterocycles. The van der Waals surface area contributed by atoms with Gasteiger partial charge in [-0.2, -0.15) is 4.31 Å². The molecule has 0 amide bonds. The Bertz CT molecular complexity index is 588. The molecule has 120 valence electrons. The summed E-state index contributed by atoms with van der Waals surface area (Å²) in [6.45, 7) is 6.86. The number of halogens is 1. The number of hydrogen-bond acceptors (Lipinski definition) is 4. The van der Waals surface area contributed by atoms with Crippen molar-refractivity contribution in [2.75, 3.05) is 20.7 Å². The summed E-state index contributed by atoms with van der Waals surface area (Å²) in [6, 6.07) is 3.00. The van der Waals surface area contributed by atoms with Crippen LogP contribution in [0.3, 0.4) is 0 Å². The normalized spacial score (nSPS) is 12.2. The third-order valence-corrected chi connectivity index (χ3v) is 5.51. The first-order valence-corrected chi connectivity index (χ1v) is 8.62. The molecule has 0 fully saturated rings. The van der Waals surface area contributed by atoms with Crippen molar-refractivity contribution in [3.63, 3.8) is 0 Å². The van der Waals surface area contributed by atoms with Crippen LogP contribution in [0.2, 0.25) is 5.02 Å². The number of hydrogen-bond donors (Lipinski definition) is 1. The molecule has 0 atom stereocenters. The van der Waals surface area contributed by atoms with E-state index in [1.807, 2.05) is 20.8 Å². The smallest absolute Gasteiger partial charge is 0.246 e. The van der Waals surface area contributed by atoms with Gasteiger partial charge in [0.15, 0.2) is 0 Å². The minimum Gasteiger partial charge on any atom is -0.495 e. The van der Waals surface area contributed by atoms with Crippen LogP contribution in [0.15, 0.2) is 17.0 Å². The molecule has 0 saturated heterocycles. The van der Waals surface area contributed by atoms with Crippen molar-refractivity contribution in [1.29, 1.82) is 0 Å². The second-order valence-electron chi connectivity index (χ2n) is 4.99. The van der Waals surface area contributed by atoms with Gasteiger partial charge in [-0.1, -0.05) is 18.5 Å². The van der Waals surface area contributed by atoms with Gasteiger partial charge in [0.1, 0.15) is 10.6 Å². The molecule has 1 N–H and O–H groups in total. The van der Waals surface area contributed by atoms with E-state index >= 15 is 0 Å². The molecule has 0 bridgehead atoms. The van der Waals surface area contributed by atoms with Crippen LogP contribution in [0.4, 0.5) is 0 Å². The average molecular weight is 335 g/mol. The summed E-state index contributed by atoms with van der Waals surface area (Å²) in [5.74, 6) is 0.341. The first kappa shape index (κ1) is 18.2. The van der Waals surface area contributed by atoms with E-state index in [4.69, 9.17) is 16.3 Å². The molecule has 0 heterocycles. The van der Waals surface area contributed by atoms with E-state index in [1.54, 1.807) is 13.1 Å². The fraction of sp³-hybridized carbons (Fsp3) is 0.571. The zero-order chi connectivity index (χ0) is 16.2. The molecular weight excluding hydrogens is 312 g/mol. The highest BCUT2D eigenvalue weighted by Crippen LogP contribution is 2.33. The minimum atomic E-state index is -3.65. The van der Waals surface area contributed by atoms with Gasteiger partial charge in [0.05, 0.1) is 7.11 Å². The van der Waals surface area contributed by atoms with Crippen molar-refractivity contribution in [3.05, 3.63) is 22.7 Å². The largest absolute Gasteiger partial charge is 0.495 e. The van der Waals surface area contributed by atoms with Crippen LogP contribution in [0.1, 0.15) is 26.3 Å². The summed E-state index contributed by atoms with van der Waals surface area (Å²) >= 11 is 6.08. The Morgan fingerprint density at radius 1 is 1.38 bits per heavy atom. The lowest BCUT2D eigenvalue weighted by Gasteiger charge is -2.23. The first-order valence-electron chi connectivity index (χ1n) is 6.80. The third kappa shape index (κ3) is 4.10. The van der Waals surface area contributed by atoms with E-state index in [1.165, 1.54) is 17.5 Å². The SMILES string of the molecule is CCNCc1cc(Cl)cc(S(=O)(=O)N(C)C(C)C)c1OC. The molecule has 7 heteroatoms. The van der Waals surface area contributed by atoms with Crippen molar-refractivity contribution in [1.82, 2.24) is 9.62 Å². The number of benzene rings is 1. The second-order valence-corrected chi connectivity index (χ2v) is 7.39. The Hall–Kier alpha value is -0.820. The predicted octanol–water partition coefficient (Wildman–Crippen LogP) is 2.49. The topological polar surface area (TPSA) is 58.6 Å². The number of nitrogens with zero attached hydrogens (tertiary/aromatic N) is 1. The van der Waals surface area contributed by atoms with Gasteiger partial charge in [-0.25, -0.2) is 8.42 Å². The van der Waals surface area contributed by atoms with Crippen LogP contribution in [0.5, 0.6) is 5.75 Å². The van der Waals surface area contributed by atoms with Gasteiger partial charge in [-0.15, -0.1) is 0 Å². The Morgan fingerprint density at radius 2 is 2.00 bits per heavy atom. The minimum absolute atomic E-state index is 0.0987. The maximum Gasteiger partial charge on any atom is 0.246 e. The van der Waals surface area contributed by atoms with Gasteiger partial charge >= 0.3 is 0 Å². The third-order valence-electron chi connectivity index (χ3n) is 3.25. The molecule has 0 radical (unpaired) electrons. The lowest BCUT2D eigenvalue weighted by atomic mass is 10.2. The molecule has 21 heavy (non-hydrogen) atoms. The van der Waals surface area contributed by atoms with Crippen molar-refractivity contribution >= 4 is 21.6 Å². The summed E-state index contributed by atoms with van der Waals surface area (Å²) in [7, 11) is -0.644. The van der Waals surface area contributed by atoms with E-state index in [2.05, 4.69) is 5.32 Å². The molecule has 1 rings (SSSR count). The number of ether oxygens (including phenoxy) is 1. The van der Waals surface area contributed by atoms with Gasteiger partial charge in [0.25, 0.3) is 0 Å². The average Bonchev–Trinajstić information content (AvgIpc) is 2.43. The van der Waals surface area contributed by atoms with Crippen molar-refractivity contribution < 1.29 is 13.2 Å². The zero-order valence-corrected chi connectivity index (χ0v) is 14.7. The Morgan fingerprint density at radius 3 is 2.48 bits per heavy atom. The molecule has 0 aliphatic carbocycles. The number of methoxy groups -OCH3 is 1. The summed E-state index contributed by atoms with van der Waals surface area (Å²) in [4.78, 5) is 0.0987. The highest BCUT2D eigenvalue weighted by atomic mass is 35.5. The molecule has 1 aromatic rings. The Kier molecular flexibility index (Phi) is 6.46. The van der Waals surface area contributed by atoms with Crippen molar-refractivity contribution in [2.24, 2.45) is 0 Å². The molecule has 5 nitrogen and oxygen atoms in total. The van der Waals surface area contributed by atoms with E-state index in [0.29, 0.717) is 17.3 Å². The van der Waals surface area contributed by atoms with Crippen molar-refractivity contribution in [3.8, 4) is 5.75 Å². The number of sulfonamides is 1. The Labute approximate surface area is 132 Å². The summed E-state index contributed by atoms with van der Waals surface area (Å²) < 4.78 is 32.0. The van der Waals surface area contributed by atoms with Gasteiger partial charge in [-0.05, 0) is 32.5 Å².